The highest BCUT2D eigenvalue weighted by Crippen LogP contribution is 2.19. The zero-order valence-corrected chi connectivity index (χ0v) is 11.4. The number of hydrogen-bond acceptors (Lipinski definition) is 2. The van der Waals surface area contributed by atoms with E-state index in [0.29, 0.717) is 11.8 Å². The first-order valence-corrected chi connectivity index (χ1v) is 6.19. The molecule has 2 rings (SSSR count). The van der Waals surface area contributed by atoms with Crippen molar-refractivity contribution < 1.29 is 4.74 Å². The molecule has 1 fully saturated rings. The van der Waals surface area contributed by atoms with Gasteiger partial charge in [-0.3, -0.25) is 0 Å². The van der Waals surface area contributed by atoms with Crippen LogP contribution in [0.15, 0.2) is 24.3 Å². The smallest absolute Gasteiger partial charge is 0.119 e. The monoisotopic (exact) mass is 255 g/mol. The van der Waals surface area contributed by atoms with Gasteiger partial charge in [-0.05, 0) is 36.6 Å². The van der Waals surface area contributed by atoms with Gasteiger partial charge in [-0.1, -0.05) is 26.0 Å². The lowest BCUT2D eigenvalue weighted by Crippen LogP contribution is -2.15. The summed E-state index contributed by atoms with van der Waals surface area (Å²) in [5, 5.41) is 3.35. The summed E-state index contributed by atoms with van der Waals surface area (Å²) in [4.78, 5) is 0. The molecule has 1 aliphatic rings. The van der Waals surface area contributed by atoms with Crippen LogP contribution in [-0.4, -0.2) is 19.7 Å². The van der Waals surface area contributed by atoms with Crippen LogP contribution < -0.4 is 10.1 Å². The van der Waals surface area contributed by atoms with E-state index in [1.807, 2.05) is 0 Å². The second kappa shape index (κ2) is 6.87. The number of halogens is 1. The van der Waals surface area contributed by atoms with Crippen LogP contribution in [0.5, 0.6) is 5.75 Å². The maximum absolute atomic E-state index is 5.78. The molecule has 1 aromatic rings. The van der Waals surface area contributed by atoms with Gasteiger partial charge in [0, 0.05) is 12.5 Å². The van der Waals surface area contributed by atoms with E-state index in [9.17, 15) is 0 Å². The van der Waals surface area contributed by atoms with Crippen molar-refractivity contribution in [2.24, 2.45) is 5.92 Å². The molecule has 2 nitrogen and oxygen atoms in total. The van der Waals surface area contributed by atoms with Crippen LogP contribution in [0, 0.1) is 5.92 Å². The number of benzene rings is 1. The van der Waals surface area contributed by atoms with E-state index in [1.54, 1.807) is 0 Å². The Hall–Kier alpha value is -0.730. The summed E-state index contributed by atoms with van der Waals surface area (Å²) in [7, 11) is 0. The fourth-order valence-electron chi connectivity index (χ4n) is 2.02. The Bertz CT molecular complexity index is 317. The first-order valence-electron chi connectivity index (χ1n) is 6.19. The minimum atomic E-state index is 0. The highest BCUT2D eigenvalue weighted by molar-refractivity contribution is 5.85. The van der Waals surface area contributed by atoms with Gasteiger partial charge in [-0.25, -0.2) is 0 Å². The predicted octanol–water partition coefficient (Wildman–Crippen LogP) is 3.22. The van der Waals surface area contributed by atoms with Gasteiger partial charge in [0.1, 0.15) is 5.75 Å². The Morgan fingerprint density at radius 3 is 2.53 bits per heavy atom. The molecular formula is C14H22ClNO. The maximum atomic E-state index is 5.78. The third-order valence-electron chi connectivity index (χ3n) is 3.19. The Labute approximate surface area is 110 Å². The molecule has 0 saturated carbocycles. The van der Waals surface area contributed by atoms with Gasteiger partial charge in [0.05, 0.1) is 6.61 Å². The van der Waals surface area contributed by atoms with Crippen LogP contribution in [0.4, 0.5) is 0 Å². The van der Waals surface area contributed by atoms with E-state index in [1.165, 1.54) is 12.0 Å². The summed E-state index contributed by atoms with van der Waals surface area (Å²) in [5.74, 6) is 2.27. The molecule has 3 heteroatoms. The van der Waals surface area contributed by atoms with Gasteiger partial charge >= 0.3 is 0 Å². The Morgan fingerprint density at radius 2 is 2.00 bits per heavy atom. The van der Waals surface area contributed by atoms with Crippen LogP contribution in [0.25, 0.3) is 0 Å². The molecule has 0 aliphatic carbocycles. The number of hydrogen-bond donors (Lipinski definition) is 1. The van der Waals surface area contributed by atoms with Gasteiger partial charge in [-0.15, -0.1) is 12.4 Å². The van der Waals surface area contributed by atoms with Crippen LogP contribution in [0.2, 0.25) is 0 Å². The lowest BCUT2D eigenvalue weighted by Gasteiger charge is -2.12. The van der Waals surface area contributed by atoms with Crippen LogP contribution in [0.3, 0.4) is 0 Å². The minimum absolute atomic E-state index is 0. The van der Waals surface area contributed by atoms with E-state index < -0.39 is 0 Å². The highest BCUT2D eigenvalue weighted by Gasteiger charge is 2.14. The molecule has 0 spiro atoms. The number of rotatable bonds is 4. The first-order chi connectivity index (χ1) is 7.75. The molecular weight excluding hydrogens is 234 g/mol. The van der Waals surface area contributed by atoms with Crippen molar-refractivity contribution >= 4 is 12.4 Å². The van der Waals surface area contributed by atoms with Gasteiger partial charge in [-0.2, -0.15) is 0 Å². The summed E-state index contributed by atoms with van der Waals surface area (Å²) in [6, 6.07) is 8.48. The quantitative estimate of drug-likeness (QED) is 0.892. The van der Waals surface area contributed by atoms with Crippen LogP contribution in [0.1, 0.15) is 31.7 Å². The zero-order chi connectivity index (χ0) is 11.4. The summed E-state index contributed by atoms with van der Waals surface area (Å²) >= 11 is 0. The van der Waals surface area contributed by atoms with Gasteiger partial charge in [0.2, 0.25) is 0 Å². The molecule has 17 heavy (non-hydrogen) atoms. The average Bonchev–Trinajstić information content (AvgIpc) is 2.80. The maximum Gasteiger partial charge on any atom is 0.119 e. The molecule has 0 amide bonds. The summed E-state index contributed by atoms with van der Waals surface area (Å²) < 4.78 is 5.78. The molecule has 1 unspecified atom stereocenters. The van der Waals surface area contributed by atoms with Crippen LogP contribution >= 0.6 is 12.4 Å². The molecule has 1 N–H and O–H groups in total. The number of ether oxygens (including phenoxy) is 1. The van der Waals surface area contributed by atoms with Gasteiger partial charge in [0.15, 0.2) is 0 Å². The fourth-order valence-corrected chi connectivity index (χ4v) is 2.02. The highest BCUT2D eigenvalue weighted by atomic mass is 35.5. The SMILES string of the molecule is CC(C)c1ccc(OCC2CCNC2)cc1.Cl. The summed E-state index contributed by atoms with van der Waals surface area (Å²) in [6.45, 7) is 7.50. The van der Waals surface area contributed by atoms with E-state index in [2.05, 4.69) is 43.4 Å². The largest absolute Gasteiger partial charge is 0.493 e. The van der Waals surface area contributed by atoms with Crippen LogP contribution in [-0.2, 0) is 0 Å². The molecule has 1 aliphatic heterocycles. The van der Waals surface area contributed by atoms with Crippen molar-refractivity contribution in [3.63, 3.8) is 0 Å². The molecule has 0 aromatic heterocycles. The van der Waals surface area contributed by atoms with E-state index in [-0.39, 0.29) is 12.4 Å². The summed E-state index contributed by atoms with van der Waals surface area (Å²) in [5.41, 5.74) is 1.37. The van der Waals surface area contributed by atoms with E-state index >= 15 is 0 Å². The molecule has 1 heterocycles. The molecule has 0 bridgehead atoms. The third-order valence-corrected chi connectivity index (χ3v) is 3.19. The topological polar surface area (TPSA) is 21.3 Å². The lowest BCUT2D eigenvalue weighted by molar-refractivity contribution is 0.260. The van der Waals surface area contributed by atoms with E-state index in [4.69, 9.17) is 4.74 Å². The Morgan fingerprint density at radius 1 is 1.29 bits per heavy atom. The molecule has 0 radical (unpaired) electrons. The molecule has 1 atom stereocenters. The standard InChI is InChI=1S/C14H21NO.ClH/c1-11(2)13-3-5-14(6-4-13)16-10-12-7-8-15-9-12;/h3-6,11-12,15H,7-10H2,1-2H3;1H. The average molecular weight is 256 g/mol. The van der Waals surface area contributed by atoms with Crippen molar-refractivity contribution in [1.29, 1.82) is 0 Å². The number of nitrogens with one attached hydrogen (secondary N) is 1. The van der Waals surface area contributed by atoms with Crippen molar-refractivity contribution in [2.75, 3.05) is 19.7 Å². The van der Waals surface area contributed by atoms with Crippen molar-refractivity contribution in [2.45, 2.75) is 26.2 Å². The molecule has 1 aromatic carbocycles. The Kier molecular flexibility index (Phi) is 5.79. The lowest BCUT2D eigenvalue weighted by atomic mass is 10.0. The second-order valence-corrected chi connectivity index (χ2v) is 4.89. The molecule has 1 saturated heterocycles. The first kappa shape index (κ1) is 14.3. The Balaban J connectivity index is 0.00000144. The van der Waals surface area contributed by atoms with Crippen molar-refractivity contribution in [3.05, 3.63) is 29.8 Å². The predicted molar refractivity (Wildman–Crippen MR) is 74.3 cm³/mol. The van der Waals surface area contributed by atoms with Gasteiger partial charge < -0.3 is 10.1 Å². The van der Waals surface area contributed by atoms with Gasteiger partial charge in [0.25, 0.3) is 0 Å². The fraction of sp³-hybridized carbons (Fsp3) is 0.571. The third kappa shape index (κ3) is 4.21. The molecule has 96 valence electrons. The van der Waals surface area contributed by atoms with Crippen molar-refractivity contribution in [1.82, 2.24) is 5.32 Å². The summed E-state index contributed by atoms with van der Waals surface area (Å²) in [6.07, 6.45) is 1.24. The normalized spacial score (nSPS) is 19.1. The second-order valence-electron chi connectivity index (χ2n) is 4.89. The van der Waals surface area contributed by atoms with Crippen molar-refractivity contribution in [3.8, 4) is 5.75 Å². The minimum Gasteiger partial charge on any atom is -0.493 e. The van der Waals surface area contributed by atoms with E-state index in [0.717, 1.165) is 25.4 Å². The zero-order valence-electron chi connectivity index (χ0n) is 10.6.